The zero-order valence-electron chi connectivity index (χ0n) is 16.9. The topological polar surface area (TPSA) is 122 Å². The van der Waals surface area contributed by atoms with Gasteiger partial charge in [0.1, 0.15) is 5.52 Å². The van der Waals surface area contributed by atoms with E-state index in [2.05, 4.69) is 21.2 Å². The van der Waals surface area contributed by atoms with Crippen LogP contribution in [0.1, 0.15) is 43.3 Å². The summed E-state index contributed by atoms with van der Waals surface area (Å²) in [5.41, 5.74) is 11.1. The van der Waals surface area contributed by atoms with Crippen molar-refractivity contribution in [3.8, 4) is 11.3 Å². The number of rotatable bonds is 8. The van der Waals surface area contributed by atoms with Crippen LogP contribution in [0, 0.1) is 5.92 Å². The van der Waals surface area contributed by atoms with Gasteiger partial charge in [-0.05, 0) is 50.3 Å². The fourth-order valence-electron chi connectivity index (χ4n) is 4.21. The Kier molecular flexibility index (Phi) is 5.14. The van der Waals surface area contributed by atoms with Crippen LogP contribution in [0.2, 0.25) is 0 Å². The second kappa shape index (κ2) is 7.94. The van der Waals surface area contributed by atoms with Gasteiger partial charge in [0.05, 0.1) is 54.1 Å². The zero-order valence-corrected chi connectivity index (χ0v) is 16.9. The van der Waals surface area contributed by atoms with E-state index in [-0.39, 0.29) is 13.2 Å². The van der Waals surface area contributed by atoms with Gasteiger partial charge < -0.3 is 21.3 Å². The van der Waals surface area contributed by atoms with E-state index in [1.54, 1.807) is 6.20 Å². The molecule has 2 aliphatic rings. The van der Waals surface area contributed by atoms with Crippen molar-refractivity contribution in [2.45, 2.75) is 43.7 Å². The summed E-state index contributed by atoms with van der Waals surface area (Å²) in [7, 11) is 0. The van der Waals surface area contributed by atoms with E-state index in [1.807, 2.05) is 18.2 Å². The number of nitrogens with one attached hydrogen (secondary N) is 1. The van der Waals surface area contributed by atoms with E-state index in [4.69, 9.17) is 15.8 Å². The van der Waals surface area contributed by atoms with Crippen molar-refractivity contribution in [1.29, 1.82) is 0 Å². The highest BCUT2D eigenvalue weighted by Crippen LogP contribution is 2.45. The Balaban J connectivity index is 1.48. The van der Waals surface area contributed by atoms with Gasteiger partial charge in [0, 0.05) is 17.7 Å². The molecular weight excluding hydrogens is 380 g/mol. The molecular formula is C22H28N6O2. The average Bonchev–Trinajstić information content (AvgIpc) is 3.50. The molecule has 0 aliphatic heterocycles. The Labute approximate surface area is 175 Å². The van der Waals surface area contributed by atoms with Crippen LogP contribution >= 0.6 is 0 Å². The molecule has 0 atom stereocenters. The first-order valence-corrected chi connectivity index (χ1v) is 10.7. The summed E-state index contributed by atoms with van der Waals surface area (Å²) in [6, 6.07) is 5.72. The number of aliphatic hydroxyl groups is 2. The Hall–Kier alpha value is -2.55. The standard InChI is InChI=1S/C22H28N6O2/c23-8-13-6-16(7-13)28-10-17(21(27-28)14-4-5-14)20-9-24-22-18(25-15(11-29)12-30)2-1-3-19(22)26-20/h1-3,9-10,13-16,25,29-30H,4-8,11-12,23H2. The molecule has 2 fully saturated rings. The number of hydrogen-bond donors (Lipinski definition) is 4. The third-order valence-corrected chi connectivity index (χ3v) is 6.29. The molecule has 0 bridgehead atoms. The summed E-state index contributed by atoms with van der Waals surface area (Å²) in [5.74, 6) is 1.13. The van der Waals surface area contributed by atoms with Crippen LogP contribution in [0.4, 0.5) is 5.69 Å². The Morgan fingerprint density at radius 2 is 2.00 bits per heavy atom. The van der Waals surface area contributed by atoms with Crippen molar-refractivity contribution < 1.29 is 10.2 Å². The second-order valence-electron chi connectivity index (χ2n) is 8.54. The van der Waals surface area contributed by atoms with Crippen LogP contribution in [-0.4, -0.2) is 55.8 Å². The Morgan fingerprint density at radius 1 is 1.20 bits per heavy atom. The number of hydrogen-bond acceptors (Lipinski definition) is 7. The van der Waals surface area contributed by atoms with Gasteiger partial charge in [-0.2, -0.15) is 5.10 Å². The third-order valence-electron chi connectivity index (χ3n) is 6.29. The van der Waals surface area contributed by atoms with Crippen LogP contribution in [0.3, 0.4) is 0 Å². The molecule has 8 nitrogen and oxygen atoms in total. The van der Waals surface area contributed by atoms with Gasteiger partial charge in [-0.3, -0.25) is 9.67 Å². The highest BCUT2D eigenvalue weighted by molar-refractivity contribution is 5.89. The van der Waals surface area contributed by atoms with Crippen molar-refractivity contribution in [3.05, 3.63) is 36.3 Å². The largest absolute Gasteiger partial charge is 0.394 e. The van der Waals surface area contributed by atoms with Gasteiger partial charge in [-0.15, -0.1) is 0 Å². The molecule has 5 N–H and O–H groups in total. The van der Waals surface area contributed by atoms with Crippen molar-refractivity contribution in [2.24, 2.45) is 11.7 Å². The summed E-state index contributed by atoms with van der Waals surface area (Å²) in [6.07, 6.45) is 8.49. The summed E-state index contributed by atoms with van der Waals surface area (Å²) in [5, 5.41) is 26.8. The maximum atomic E-state index is 9.37. The van der Waals surface area contributed by atoms with Crippen molar-refractivity contribution in [3.63, 3.8) is 0 Å². The molecule has 2 aliphatic carbocycles. The quantitative estimate of drug-likeness (QED) is 0.450. The monoisotopic (exact) mass is 408 g/mol. The molecule has 0 spiro atoms. The summed E-state index contributed by atoms with van der Waals surface area (Å²) >= 11 is 0. The van der Waals surface area contributed by atoms with Crippen LogP contribution in [0.5, 0.6) is 0 Å². The van der Waals surface area contributed by atoms with E-state index >= 15 is 0 Å². The van der Waals surface area contributed by atoms with Gasteiger partial charge in [0.2, 0.25) is 0 Å². The number of aromatic nitrogens is 4. The number of benzene rings is 1. The Bertz CT molecular complexity index is 1040. The molecule has 0 amide bonds. The second-order valence-corrected chi connectivity index (χ2v) is 8.54. The van der Waals surface area contributed by atoms with Crippen LogP contribution in [-0.2, 0) is 0 Å². The lowest BCUT2D eigenvalue weighted by Gasteiger charge is -2.34. The van der Waals surface area contributed by atoms with Crippen molar-refractivity contribution in [1.82, 2.24) is 19.7 Å². The van der Waals surface area contributed by atoms with E-state index in [9.17, 15) is 10.2 Å². The lowest BCUT2D eigenvalue weighted by molar-refractivity contribution is 0.189. The van der Waals surface area contributed by atoms with Gasteiger partial charge in [-0.1, -0.05) is 6.07 Å². The first-order valence-electron chi connectivity index (χ1n) is 10.7. The van der Waals surface area contributed by atoms with E-state index < -0.39 is 6.04 Å². The number of nitrogens with two attached hydrogens (primary N) is 1. The molecule has 5 rings (SSSR count). The van der Waals surface area contributed by atoms with Crippen LogP contribution in [0.25, 0.3) is 22.3 Å². The summed E-state index contributed by atoms with van der Waals surface area (Å²) in [4.78, 5) is 9.55. The van der Waals surface area contributed by atoms with E-state index in [0.717, 1.165) is 53.1 Å². The first kappa shape index (κ1) is 19.4. The molecule has 2 saturated carbocycles. The molecule has 8 heteroatoms. The molecule has 2 aromatic heterocycles. The average molecular weight is 409 g/mol. The minimum absolute atomic E-state index is 0.158. The lowest BCUT2D eigenvalue weighted by atomic mass is 9.80. The predicted octanol–water partition coefficient (Wildman–Crippen LogP) is 2.05. The highest BCUT2D eigenvalue weighted by Gasteiger charge is 2.34. The fraction of sp³-hybridized carbons (Fsp3) is 0.500. The molecule has 0 saturated heterocycles. The summed E-state index contributed by atoms with van der Waals surface area (Å²) in [6.45, 7) is 0.434. The number of para-hydroxylation sites is 1. The molecule has 30 heavy (non-hydrogen) atoms. The zero-order chi connectivity index (χ0) is 20.7. The van der Waals surface area contributed by atoms with Gasteiger partial charge >= 0.3 is 0 Å². The minimum Gasteiger partial charge on any atom is -0.394 e. The molecule has 0 unspecified atom stereocenters. The molecule has 158 valence electrons. The normalized spacial score (nSPS) is 21.2. The van der Waals surface area contributed by atoms with E-state index in [1.165, 1.54) is 12.8 Å². The van der Waals surface area contributed by atoms with Gasteiger partial charge in [-0.25, -0.2) is 4.98 Å². The van der Waals surface area contributed by atoms with E-state index in [0.29, 0.717) is 17.9 Å². The number of fused-ring (bicyclic) bond motifs is 1. The maximum Gasteiger partial charge on any atom is 0.112 e. The van der Waals surface area contributed by atoms with Gasteiger partial charge in [0.25, 0.3) is 0 Å². The lowest BCUT2D eigenvalue weighted by Crippen LogP contribution is -2.32. The number of nitrogens with zero attached hydrogens (tertiary/aromatic N) is 4. The minimum atomic E-state index is -0.434. The number of anilines is 1. The third kappa shape index (κ3) is 3.55. The predicted molar refractivity (Wildman–Crippen MR) is 115 cm³/mol. The van der Waals surface area contributed by atoms with Crippen molar-refractivity contribution in [2.75, 3.05) is 25.1 Å². The molecule has 2 heterocycles. The number of aliphatic hydroxyl groups excluding tert-OH is 2. The Morgan fingerprint density at radius 3 is 2.70 bits per heavy atom. The van der Waals surface area contributed by atoms with Crippen molar-refractivity contribution >= 4 is 16.7 Å². The fourth-order valence-corrected chi connectivity index (χ4v) is 4.21. The molecule has 1 aromatic carbocycles. The van der Waals surface area contributed by atoms with Gasteiger partial charge in [0.15, 0.2) is 0 Å². The first-order chi connectivity index (χ1) is 14.7. The van der Waals surface area contributed by atoms with Crippen LogP contribution in [0.15, 0.2) is 30.6 Å². The highest BCUT2D eigenvalue weighted by atomic mass is 16.3. The summed E-state index contributed by atoms with van der Waals surface area (Å²) < 4.78 is 2.12. The smallest absolute Gasteiger partial charge is 0.112 e. The molecule has 0 radical (unpaired) electrons. The maximum absolute atomic E-state index is 9.37. The SMILES string of the molecule is NCC1CC(n2cc(-c3cnc4c(NC(CO)CO)cccc4n3)c(C3CC3)n2)C1. The molecule has 3 aromatic rings. The van der Waals surface area contributed by atoms with Crippen LogP contribution < -0.4 is 11.1 Å².